The lowest BCUT2D eigenvalue weighted by Crippen LogP contribution is -2.18. The van der Waals surface area contributed by atoms with Crippen molar-refractivity contribution < 1.29 is 0 Å². The van der Waals surface area contributed by atoms with Crippen molar-refractivity contribution in [1.29, 1.82) is 0 Å². The fourth-order valence-electron chi connectivity index (χ4n) is 2.90. The van der Waals surface area contributed by atoms with Crippen LogP contribution >= 0.6 is 11.3 Å². The van der Waals surface area contributed by atoms with E-state index < -0.39 is 0 Å². The first-order valence-corrected chi connectivity index (χ1v) is 7.73. The molecule has 1 aromatic carbocycles. The zero-order valence-electron chi connectivity index (χ0n) is 11.8. The molecule has 3 heteroatoms. The minimum absolute atomic E-state index is 0.233. The standard InChI is InChI=1S/C16H20N2S/c1-10-7-8-12(11(2)9-10)15(17-3)16-18-13-5-4-6-14(13)19-16/h7-9,15,17H,4-6H2,1-3H3. The van der Waals surface area contributed by atoms with E-state index in [4.69, 9.17) is 4.98 Å². The molecular weight excluding hydrogens is 252 g/mol. The highest BCUT2D eigenvalue weighted by atomic mass is 32.1. The molecule has 19 heavy (non-hydrogen) atoms. The first-order chi connectivity index (χ1) is 9.19. The summed E-state index contributed by atoms with van der Waals surface area (Å²) in [6.07, 6.45) is 3.66. The molecular formula is C16H20N2S. The van der Waals surface area contributed by atoms with Crippen LogP contribution in [0.25, 0.3) is 0 Å². The molecule has 1 aromatic heterocycles. The quantitative estimate of drug-likeness (QED) is 0.924. The Labute approximate surface area is 118 Å². The van der Waals surface area contributed by atoms with E-state index in [1.165, 1.54) is 45.1 Å². The minimum Gasteiger partial charge on any atom is -0.307 e. The molecule has 1 atom stereocenters. The maximum atomic E-state index is 4.86. The van der Waals surface area contributed by atoms with Gasteiger partial charge in [-0.15, -0.1) is 11.3 Å². The first-order valence-electron chi connectivity index (χ1n) is 6.92. The van der Waals surface area contributed by atoms with Crippen LogP contribution in [0.4, 0.5) is 0 Å². The molecule has 2 nitrogen and oxygen atoms in total. The number of rotatable bonds is 3. The lowest BCUT2D eigenvalue weighted by atomic mass is 9.99. The molecule has 1 N–H and O–H groups in total. The number of thiazole rings is 1. The van der Waals surface area contributed by atoms with Crippen LogP contribution in [0.15, 0.2) is 18.2 Å². The summed E-state index contributed by atoms with van der Waals surface area (Å²) in [6, 6.07) is 6.91. The monoisotopic (exact) mass is 272 g/mol. The average molecular weight is 272 g/mol. The summed E-state index contributed by atoms with van der Waals surface area (Å²) in [4.78, 5) is 6.36. The van der Waals surface area contributed by atoms with Crippen LogP contribution in [0.1, 0.15) is 44.7 Å². The van der Waals surface area contributed by atoms with E-state index in [2.05, 4.69) is 37.4 Å². The topological polar surface area (TPSA) is 24.9 Å². The number of nitrogens with one attached hydrogen (secondary N) is 1. The number of aromatic nitrogens is 1. The zero-order valence-corrected chi connectivity index (χ0v) is 12.6. The molecule has 0 bridgehead atoms. The summed E-state index contributed by atoms with van der Waals surface area (Å²) in [7, 11) is 2.02. The predicted molar refractivity (Wildman–Crippen MR) is 81.0 cm³/mol. The van der Waals surface area contributed by atoms with Crippen molar-refractivity contribution in [3.8, 4) is 0 Å². The van der Waals surface area contributed by atoms with Gasteiger partial charge in [-0.1, -0.05) is 23.8 Å². The Kier molecular flexibility index (Phi) is 3.42. The fourth-order valence-corrected chi connectivity index (χ4v) is 4.18. The molecule has 0 saturated heterocycles. The molecule has 1 unspecified atom stereocenters. The number of benzene rings is 1. The highest BCUT2D eigenvalue weighted by Gasteiger charge is 2.23. The molecule has 0 aliphatic heterocycles. The normalized spacial score (nSPS) is 15.5. The van der Waals surface area contributed by atoms with Crippen molar-refractivity contribution in [2.24, 2.45) is 0 Å². The van der Waals surface area contributed by atoms with Crippen molar-refractivity contribution in [2.45, 2.75) is 39.2 Å². The molecule has 1 aliphatic carbocycles. The van der Waals surface area contributed by atoms with Crippen LogP contribution < -0.4 is 5.32 Å². The number of fused-ring (bicyclic) bond motifs is 1. The lowest BCUT2D eigenvalue weighted by molar-refractivity contribution is 0.678. The molecule has 0 fully saturated rings. The molecule has 2 aromatic rings. The molecule has 1 heterocycles. The second-order valence-electron chi connectivity index (χ2n) is 5.36. The van der Waals surface area contributed by atoms with Gasteiger partial charge in [0.05, 0.1) is 11.7 Å². The largest absolute Gasteiger partial charge is 0.307 e. The van der Waals surface area contributed by atoms with Gasteiger partial charge in [0.2, 0.25) is 0 Å². The zero-order chi connectivity index (χ0) is 13.4. The highest BCUT2D eigenvalue weighted by Crippen LogP contribution is 2.34. The summed E-state index contributed by atoms with van der Waals surface area (Å²) in [6.45, 7) is 4.33. The minimum atomic E-state index is 0.233. The van der Waals surface area contributed by atoms with Gasteiger partial charge in [0.1, 0.15) is 5.01 Å². The summed E-state index contributed by atoms with van der Waals surface area (Å²) in [5.41, 5.74) is 5.35. The number of aryl methyl sites for hydroxylation is 4. The lowest BCUT2D eigenvalue weighted by Gasteiger charge is -2.17. The van der Waals surface area contributed by atoms with E-state index in [9.17, 15) is 0 Å². The molecule has 0 spiro atoms. The maximum absolute atomic E-state index is 4.86. The third kappa shape index (κ3) is 2.33. The van der Waals surface area contributed by atoms with Gasteiger partial charge >= 0.3 is 0 Å². The van der Waals surface area contributed by atoms with E-state index in [-0.39, 0.29) is 6.04 Å². The molecule has 100 valence electrons. The van der Waals surface area contributed by atoms with Crippen molar-refractivity contribution in [2.75, 3.05) is 7.05 Å². The Morgan fingerprint density at radius 1 is 1.26 bits per heavy atom. The molecule has 0 amide bonds. The van der Waals surface area contributed by atoms with Gasteiger partial charge < -0.3 is 5.32 Å². The van der Waals surface area contributed by atoms with E-state index in [0.717, 1.165) is 6.42 Å². The van der Waals surface area contributed by atoms with Gasteiger partial charge in [0.25, 0.3) is 0 Å². The van der Waals surface area contributed by atoms with Crippen molar-refractivity contribution in [3.63, 3.8) is 0 Å². The van der Waals surface area contributed by atoms with Crippen LogP contribution in [0.5, 0.6) is 0 Å². The van der Waals surface area contributed by atoms with E-state index in [0.29, 0.717) is 0 Å². The van der Waals surface area contributed by atoms with E-state index in [1.807, 2.05) is 18.4 Å². The highest BCUT2D eigenvalue weighted by molar-refractivity contribution is 7.11. The Hall–Kier alpha value is -1.19. The fraction of sp³-hybridized carbons (Fsp3) is 0.438. The van der Waals surface area contributed by atoms with Crippen LogP contribution in [0, 0.1) is 13.8 Å². The van der Waals surface area contributed by atoms with Gasteiger partial charge in [0.15, 0.2) is 0 Å². The summed E-state index contributed by atoms with van der Waals surface area (Å²) in [5.74, 6) is 0. The average Bonchev–Trinajstić information content (AvgIpc) is 2.93. The van der Waals surface area contributed by atoms with Gasteiger partial charge in [0, 0.05) is 4.88 Å². The summed E-state index contributed by atoms with van der Waals surface area (Å²) >= 11 is 1.89. The number of hydrogen-bond donors (Lipinski definition) is 1. The van der Waals surface area contributed by atoms with Crippen LogP contribution in [-0.4, -0.2) is 12.0 Å². The second-order valence-corrected chi connectivity index (χ2v) is 6.47. The van der Waals surface area contributed by atoms with Gasteiger partial charge in [-0.2, -0.15) is 0 Å². The van der Waals surface area contributed by atoms with Crippen LogP contribution in [0.2, 0.25) is 0 Å². The smallest absolute Gasteiger partial charge is 0.115 e. The predicted octanol–water partition coefficient (Wildman–Crippen LogP) is 3.56. The number of nitrogens with zero attached hydrogens (tertiary/aromatic N) is 1. The van der Waals surface area contributed by atoms with Gasteiger partial charge in [-0.05, 0) is 51.3 Å². The Bertz CT molecular complexity index is 579. The maximum Gasteiger partial charge on any atom is 0.115 e. The van der Waals surface area contributed by atoms with Crippen LogP contribution in [0.3, 0.4) is 0 Å². The van der Waals surface area contributed by atoms with Gasteiger partial charge in [-0.25, -0.2) is 4.98 Å². The van der Waals surface area contributed by atoms with Crippen molar-refractivity contribution in [1.82, 2.24) is 10.3 Å². The Balaban J connectivity index is 1.99. The summed E-state index contributed by atoms with van der Waals surface area (Å²) in [5, 5.41) is 4.65. The van der Waals surface area contributed by atoms with Crippen molar-refractivity contribution >= 4 is 11.3 Å². The Morgan fingerprint density at radius 2 is 2.11 bits per heavy atom. The molecule has 0 radical (unpaired) electrons. The summed E-state index contributed by atoms with van der Waals surface area (Å²) < 4.78 is 0. The third-order valence-electron chi connectivity index (χ3n) is 3.88. The van der Waals surface area contributed by atoms with E-state index >= 15 is 0 Å². The number of hydrogen-bond acceptors (Lipinski definition) is 3. The molecule has 1 aliphatic rings. The third-order valence-corrected chi connectivity index (χ3v) is 5.11. The van der Waals surface area contributed by atoms with Gasteiger partial charge in [-0.3, -0.25) is 0 Å². The first kappa shape index (κ1) is 12.8. The SMILES string of the molecule is CNC(c1nc2c(s1)CCC2)c1ccc(C)cc1C. The Morgan fingerprint density at radius 3 is 2.79 bits per heavy atom. The van der Waals surface area contributed by atoms with E-state index in [1.54, 1.807) is 0 Å². The molecule has 0 saturated carbocycles. The molecule has 3 rings (SSSR count). The van der Waals surface area contributed by atoms with Crippen molar-refractivity contribution in [3.05, 3.63) is 50.5 Å². The second kappa shape index (κ2) is 5.06. The van der Waals surface area contributed by atoms with Crippen LogP contribution in [-0.2, 0) is 12.8 Å².